The lowest BCUT2D eigenvalue weighted by Gasteiger charge is -2.22. The molecule has 0 aliphatic heterocycles. The van der Waals surface area contributed by atoms with Gasteiger partial charge in [0.25, 0.3) is 5.91 Å². The number of halogens is 2. The molecular formula is C26H29ClFN7O5. The molecule has 4 rings (SSSR count). The molecule has 0 bridgehead atoms. The van der Waals surface area contributed by atoms with Crippen LogP contribution in [0.5, 0.6) is 0 Å². The lowest BCUT2D eigenvalue weighted by Crippen LogP contribution is -2.43. The van der Waals surface area contributed by atoms with Crippen molar-refractivity contribution in [1.29, 1.82) is 0 Å². The Morgan fingerprint density at radius 2 is 1.98 bits per heavy atom. The number of primary amides is 1. The van der Waals surface area contributed by atoms with Crippen LogP contribution in [-0.4, -0.2) is 61.7 Å². The number of benzene rings is 1. The van der Waals surface area contributed by atoms with Crippen LogP contribution in [0.2, 0.25) is 5.02 Å². The van der Waals surface area contributed by atoms with E-state index < -0.39 is 35.2 Å². The highest BCUT2D eigenvalue weighted by Gasteiger charge is 2.34. The van der Waals surface area contributed by atoms with Gasteiger partial charge in [-0.3, -0.25) is 19.7 Å². The monoisotopic (exact) mass is 573 g/mol. The van der Waals surface area contributed by atoms with Crippen molar-refractivity contribution in [3.8, 4) is 0 Å². The summed E-state index contributed by atoms with van der Waals surface area (Å²) in [6.07, 6.45) is 2.08. The van der Waals surface area contributed by atoms with Crippen molar-refractivity contribution in [2.45, 2.75) is 58.3 Å². The standard InChI is InChI=1S/C26H29ClFN7O5/c1-26(2,3)40-25(39)32-15-9-17-22(23(29)38)33-35(24(17)31-11-15)13-20(37)34(16-7-8-16)12-19(36)30-10-14-5-4-6-18(27)21(14)28/h4-6,9,11,16H,7-8,10,12-13H2,1-3H3,(H2,29,38)(H,30,36)(H,32,39). The number of fused-ring (bicyclic) bond motifs is 1. The molecule has 0 spiro atoms. The summed E-state index contributed by atoms with van der Waals surface area (Å²) in [5.41, 5.74) is 5.30. The first-order chi connectivity index (χ1) is 18.8. The number of nitrogens with two attached hydrogens (primary N) is 1. The second-order valence-corrected chi connectivity index (χ2v) is 10.7. The number of hydrogen-bond donors (Lipinski definition) is 3. The predicted molar refractivity (Wildman–Crippen MR) is 144 cm³/mol. The highest BCUT2D eigenvalue weighted by atomic mass is 35.5. The van der Waals surface area contributed by atoms with Gasteiger partial charge in [0, 0.05) is 18.2 Å². The van der Waals surface area contributed by atoms with Gasteiger partial charge in [0.05, 0.1) is 28.8 Å². The summed E-state index contributed by atoms with van der Waals surface area (Å²) in [6, 6.07) is 5.82. The van der Waals surface area contributed by atoms with E-state index in [1.54, 1.807) is 26.8 Å². The Bertz CT molecular complexity index is 1480. The molecule has 212 valence electrons. The van der Waals surface area contributed by atoms with Gasteiger partial charge in [-0.15, -0.1) is 0 Å². The number of nitrogens with zero attached hydrogens (tertiary/aromatic N) is 4. The van der Waals surface area contributed by atoms with E-state index in [0.717, 1.165) is 12.8 Å². The summed E-state index contributed by atoms with van der Waals surface area (Å²) in [5.74, 6) is -2.37. The molecule has 4 N–H and O–H groups in total. The normalized spacial score (nSPS) is 13.1. The SMILES string of the molecule is CC(C)(C)OC(=O)Nc1cnc2c(c1)c(C(N)=O)nn2CC(=O)N(CC(=O)NCc1cccc(Cl)c1F)C1CC1. The zero-order valence-corrected chi connectivity index (χ0v) is 22.9. The minimum absolute atomic E-state index is 0.0512. The number of nitrogens with one attached hydrogen (secondary N) is 2. The summed E-state index contributed by atoms with van der Waals surface area (Å²) >= 11 is 5.79. The van der Waals surface area contributed by atoms with Gasteiger partial charge in [-0.25, -0.2) is 18.9 Å². The molecule has 0 radical (unpaired) electrons. The molecule has 2 aromatic heterocycles. The van der Waals surface area contributed by atoms with Gasteiger partial charge in [0.1, 0.15) is 18.0 Å². The van der Waals surface area contributed by atoms with Crippen molar-refractivity contribution in [3.05, 3.63) is 52.6 Å². The molecule has 1 fully saturated rings. The number of anilines is 1. The molecule has 40 heavy (non-hydrogen) atoms. The minimum Gasteiger partial charge on any atom is -0.444 e. The summed E-state index contributed by atoms with van der Waals surface area (Å²) in [7, 11) is 0. The van der Waals surface area contributed by atoms with E-state index in [2.05, 4.69) is 20.7 Å². The quantitative estimate of drug-likeness (QED) is 0.354. The lowest BCUT2D eigenvalue weighted by molar-refractivity contribution is -0.137. The van der Waals surface area contributed by atoms with Crippen molar-refractivity contribution >= 4 is 52.1 Å². The number of ether oxygens (including phenoxy) is 1. The number of hydrogen-bond acceptors (Lipinski definition) is 7. The number of pyridine rings is 1. The third-order valence-corrected chi connectivity index (χ3v) is 6.17. The van der Waals surface area contributed by atoms with Crippen LogP contribution < -0.4 is 16.4 Å². The first-order valence-electron chi connectivity index (χ1n) is 12.5. The number of carbonyl (C=O) groups excluding carboxylic acids is 4. The Hall–Kier alpha value is -4.26. The summed E-state index contributed by atoms with van der Waals surface area (Å²) in [4.78, 5) is 55.8. The maximum atomic E-state index is 14.1. The molecule has 12 nitrogen and oxygen atoms in total. The van der Waals surface area contributed by atoms with E-state index in [9.17, 15) is 23.6 Å². The van der Waals surface area contributed by atoms with Gasteiger partial charge in [-0.1, -0.05) is 23.7 Å². The Balaban J connectivity index is 1.48. The Labute approximate surface area is 234 Å². The van der Waals surface area contributed by atoms with Crippen molar-refractivity contribution in [2.24, 2.45) is 5.73 Å². The molecule has 0 saturated heterocycles. The lowest BCUT2D eigenvalue weighted by atomic mass is 10.2. The zero-order valence-electron chi connectivity index (χ0n) is 22.2. The van der Waals surface area contributed by atoms with Gasteiger partial charge >= 0.3 is 6.09 Å². The van der Waals surface area contributed by atoms with E-state index in [-0.39, 0.29) is 58.7 Å². The minimum atomic E-state index is -0.848. The number of amides is 4. The first kappa shape index (κ1) is 28.7. The first-order valence-corrected chi connectivity index (χ1v) is 12.9. The second-order valence-electron chi connectivity index (χ2n) is 10.3. The van der Waals surface area contributed by atoms with Crippen LogP contribution in [0.1, 0.15) is 49.7 Å². The topological polar surface area (TPSA) is 162 Å². The number of carbonyl (C=O) groups is 4. The molecule has 1 saturated carbocycles. The third kappa shape index (κ3) is 7.03. The van der Waals surface area contributed by atoms with E-state index >= 15 is 0 Å². The smallest absolute Gasteiger partial charge is 0.412 e. The predicted octanol–water partition coefficient (Wildman–Crippen LogP) is 2.98. The van der Waals surface area contributed by atoms with Gasteiger partial charge < -0.3 is 20.7 Å². The molecule has 3 aromatic rings. The average molecular weight is 574 g/mol. The number of aromatic nitrogens is 3. The van der Waals surface area contributed by atoms with Gasteiger partial charge in [0.15, 0.2) is 11.3 Å². The Kier molecular flexibility index (Phi) is 8.24. The molecule has 2 heterocycles. The van der Waals surface area contributed by atoms with Gasteiger partial charge in [-0.05, 0) is 45.7 Å². The van der Waals surface area contributed by atoms with Crippen molar-refractivity contribution in [3.63, 3.8) is 0 Å². The van der Waals surface area contributed by atoms with Crippen LogP contribution >= 0.6 is 11.6 Å². The Morgan fingerprint density at radius 3 is 2.62 bits per heavy atom. The molecule has 1 aromatic carbocycles. The highest BCUT2D eigenvalue weighted by molar-refractivity contribution is 6.30. The van der Waals surface area contributed by atoms with Crippen LogP contribution in [0.4, 0.5) is 14.9 Å². The van der Waals surface area contributed by atoms with Crippen LogP contribution in [0.25, 0.3) is 11.0 Å². The summed E-state index contributed by atoms with van der Waals surface area (Å²) in [5, 5.41) is 9.50. The fourth-order valence-corrected chi connectivity index (χ4v) is 4.15. The van der Waals surface area contributed by atoms with E-state index in [4.69, 9.17) is 22.1 Å². The van der Waals surface area contributed by atoms with Gasteiger partial charge in [-0.2, -0.15) is 5.10 Å². The van der Waals surface area contributed by atoms with Crippen LogP contribution in [0.3, 0.4) is 0 Å². The summed E-state index contributed by atoms with van der Waals surface area (Å²) in [6.45, 7) is 4.50. The zero-order chi connectivity index (χ0) is 29.2. The van der Waals surface area contributed by atoms with E-state index in [1.165, 1.54) is 34.0 Å². The molecular weight excluding hydrogens is 545 g/mol. The van der Waals surface area contributed by atoms with Crippen LogP contribution in [0.15, 0.2) is 30.5 Å². The maximum absolute atomic E-state index is 14.1. The fourth-order valence-electron chi connectivity index (χ4n) is 3.96. The van der Waals surface area contributed by atoms with E-state index in [0.29, 0.717) is 0 Å². The van der Waals surface area contributed by atoms with Crippen LogP contribution in [0, 0.1) is 5.82 Å². The van der Waals surface area contributed by atoms with Crippen LogP contribution in [-0.2, 0) is 27.4 Å². The average Bonchev–Trinajstić information content (AvgIpc) is 3.64. The molecule has 0 atom stereocenters. The molecule has 1 aliphatic carbocycles. The molecule has 1 aliphatic rings. The Morgan fingerprint density at radius 1 is 1.25 bits per heavy atom. The molecule has 14 heteroatoms. The maximum Gasteiger partial charge on any atom is 0.412 e. The van der Waals surface area contributed by atoms with Crippen molar-refractivity contribution < 1.29 is 28.3 Å². The van der Waals surface area contributed by atoms with Crippen molar-refractivity contribution in [2.75, 3.05) is 11.9 Å². The second kappa shape index (κ2) is 11.5. The third-order valence-electron chi connectivity index (χ3n) is 5.88. The fraction of sp³-hybridized carbons (Fsp3) is 0.385. The largest absolute Gasteiger partial charge is 0.444 e. The van der Waals surface area contributed by atoms with E-state index in [1.807, 2.05) is 0 Å². The molecule has 0 unspecified atom stereocenters. The summed E-state index contributed by atoms with van der Waals surface area (Å²) < 4.78 is 20.6. The molecule has 4 amide bonds. The number of rotatable bonds is 9. The van der Waals surface area contributed by atoms with Crippen molar-refractivity contribution in [1.82, 2.24) is 25.0 Å². The highest BCUT2D eigenvalue weighted by Crippen LogP contribution is 2.28. The van der Waals surface area contributed by atoms with Gasteiger partial charge in [0.2, 0.25) is 11.8 Å².